The monoisotopic (exact) mass is 547 g/mol. The molecule has 1 aliphatic rings. The van der Waals surface area contributed by atoms with Crippen molar-refractivity contribution in [2.45, 2.75) is 125 Å². The molecule has 1 aromatic heterocycles. The first-order chi connectivity index (χ1) is 18.1. The third-order valence-corrected chi connectivity index (χ3v) is 8.11. The highest BCUT2D eigenvalue weighted by atomic mass is 32.1. The largest absolute Gasteiger partial charge is 0.390 e. The molecule has 38 heavy (non-hydrogen) atoms. The topological polar surface area (TPSA) is 88.2 Å². The van der Waals surface area contributed by atoms with Crippen LogP contribution in [-0.4, -0.2) is 34.7 Å². The maximum absolute atomic E-state index is 10.1. The number of nitrogens with one attached hydrogen (secondary N) is 1. The fourth-order valence-corrected chi connectivity index (χ4v) is 5.42. The van der Waals surface area contributed by atoms with Crippen molar-refractivity contribution < 1.29 is 9.90 Å². The van der Waals surface area contributed by atoms with E-state index < -0.39 is 0 Å². The minimum absolute atomic E-state index is 0.250. The van der Waals surface area contributed by atoms with Crippen molar-refractivity contribution in [1.29, 1.82) is 0 Å². The quantitative estimate of drug-likeness (QED) is 0.197. The Balaban J connectivity index is 0.000000641. The van der Waals surface area contributed by atoms with Gasteiger partial charge in [0.05, 0.1) is 21.7 Å². The number of nitrogens with zero attached hydrogens (tertiary/aromatic N) is 1. The molecule has 0 spiro atoms. The molecule has 1 fully saturated rings. The number of carbonyl (C=O) groups excluding carboxylic acids is 1. The van der Waals surface area contributed by atoms with E-state index >= 15 is 0 Å². The number of nitrogens with two attached hydrogens (primary N) is 1. The van der Waals surface area contributed by atoms with Gasteiger partial charge in [0.25, 0.3) is 0 Å². The van der Waals surface area contributed by atoms with Crippen molar-refractivity contribution in [3.05, 3.63) is 41.0 Å². The van der Waals surface area contributed by atoms with Crippen LogP contribution in [0.5, 0.6) is 0 Å². The zero-order chi connectivity index (χ0) is 29.2. The first kappa shape index (κ1) is 36.2. The zero-order valence-electron chi connectivity index (χ0n) is 25.8. The van der Waals surface area contributed by atoms with E-state index in [0.29, 0.717) is 17.4 Å². The highest BCUT2D eigenvalue weighted by Gasteiger charge is 2.50. The van der Waals surface area contributed by atoms with Crippen LogP contribution in [0.2, 0.25) is 0 Å². The summed E-state index contributed by atoms with van der Waals surface area (Å²) in [4.78, 5) is 14.1. The molecule has 1 aliphatic carbocycles. The predicted octanol–water partition coefficient (Wildman–Crippen LogP) is 7.93. The van der Waals surface area contributed by atoms with Gasteiger partial charge in [-0.05, 0) is 68.0 Å². The number of unbranched alkanes of at least 4 members (excludes halogenated alkanes) is 3. The van der Waals surface area contributed by atoms with Gasteiger partial charge in [0.2, 0.25) is 6.41 Å². The number of aromatic nitrogens is 1. The first-order valence-corrected chi connectivity index (χ1v) is 15.5. The van der Waals surface area contributed by atoms with Gasteiger partial charge in [0, 0.05) is 6.04 Å². The molecule has 3 rings (SSSR count). The van der Waals surface area contributed by atoms with Crippen LogP contribution in [0.4, 0.5) is 0 Å². The van der Waals surface area contributed by atoms with Gasteiger partial charge in [-0.15, -0.1) is 11.3 Å². The van der Waals surface area contributed by atoms with E-state index in [2.05, 4.69) is 81.8 Å². The molecule has 1 saturated carbocycles. The van der Waals surface area contributed by atoms with E-state index in [-0.39, 0.29) is 12.0 Å². The molecule has 1 amide bonds. The fraction of sp³-hybridized carbons (Fsp3) is 0.688. The molecule has 5 nitrogen and oxygen atoms in total. The van der Waals surface area contributed by atoms with Gasteiger partial charge >= 0.3 is 0 Å². The number of aryl methyl sites for hydroxylation is 1. The molecule has 0 saturated heterocycles. The van der Waals surface area contributed by atoms with Crippen molar-refractivity contribution in [2.24, 2.45) is 17.1 Å². The highest BCUT2D eigenvalue weighted by Crippen LogP contribution is 2.47. The summed E-state index contributed by atoms with van der Waals surface area (Å²) >= 11 is 1.69. The molecule has 3 atom stereocenters. The van der Waals surface area contributed by atoms with E-state index in [1.54, 1.807) is 11.3 Å². The van der Waals surface area contributed by atoms with Crippen LogP contribution in [0.1, 0.15) is 112 Å². The fourth-order valence-electron chi connectivity index (χ4n) is 4.61. The number of rotatable bonds is 11. The van der Waals surface area contributed by atoms with Crippen molar-refractivity contribution in [1.82, 2.24) is 10.3 Å². The lowest BCUT2D eigenvalue weighted by Gasteiger charge is -2.30. The number of aliphatic hydroxyl groups is 1. The lowest BCUT2D eigenvalue weighted by atomic mass is 9.85. The van der Waals surface area contributed by atoms with Gasteiger partial charge in [-0.1, -0.05) is 98.9 Å². The highest BCUT2D eigenvalue weighted by molar-refractivity contribution is 7.13. The van der Waals surface area contributed by atoms with Crippen LogP contribution in [0, 0.1) is 18.3 Å². The summed E-state index contributed by atoms with van der Waals surface area (Å²) in [6.07, 6.45) is 9.73. The standard InChI is InChI=1S/C16H19NOS.C13H29N.C2H6.CH3NO/c1-3-16(18)9-14(16)8-12-4-6-13(7-5-12)15-11(2)17-10-19-15;1-6-8-9-10-11-14-12(7-2)13(3,4)5;1-2;2-1-3/h4-7,10,14,18H,3,8-9H2,1-2H3;12,14H,6-11H2,1-5H3;1-2H3;1H,(H2,2,3). The summed E-state index contributed by atoms with van der Waals surface area (Å²) in [5, 5.41) is 13.8. The summed E-state index contributed by atoms with van der Waals surface area (Å²) in [6.45, 7) is 20.8. The van der Waals surface area contributed by atoms with Crippen LogP contribution >= 0.6 is 11.3 Å². The second-order valence-electron chi connectivity index (χ2n) is 11.0. The summed E-state index contributed by atoms with van der Waals surface area (Å²) < 4.78 is 0. The molecule has 4 N–H and O–H groups in total. The van der Waals surface area contributed by atoms with Crippen molar-refractivity contribution >= 4 is 17.7 Å². The molecule has 0 radical (unpaired) electrons. The zero-order valence-corrected chi connectivity index (χ0v) is 26.6. The van der Waals surface area contributed by atoms with E-state index in [4.69, 9.17) is 4.79 Å². The number of carbonyl (C=O) groups is 1. The van der Waals surface area contributed by atoms with Gasteiger partial charge in [0.15, 0.2) is 0 Å². The summed E-state index contributed by atoms with van der Waals surface area (Å²) in [5.41, 5.74) is 9.74. The Kier molecular flexibility index (Phi) is 18.4. The van der Waals surface area contributed by atoms with Crippen molar-refractivity contribution in [3.8, 4) is 10.4 Å². The average Bonchev–Trinajstić information content (AvgIpc) is 3.33. The number of hydrogen-bond acceptors (Lipinski definition) is 5. The number of primary amides is 1. The third kappa shape index (κ3) is 13.3. The molecule has 3 unspecified atom stereocenters. The normalized spacial score (nSPS) is 18.5. The minimum Gasteiger partial charge on any atom is -0.390 e. The molecule has 218 valence electrons. The number of amides is 1. The Morgan fingerprint density at radius 3 is 2.18 bits per heavy atom. The van der Waals surface area contributed by atoms with Gasteiger partial charge in [-0.25, -0.2) is 4.98 Å². The molecule has 6 heteroatoms. The SMILES string of the molecule is CC.CCC1(O)CC1Cc1ccc(-c2scnc2C)cc1.CCCCCCNC(CC)C(C)(C)C.NC=O. The molecular weight excluding hydrogens is 490 g/mol. The first-order valence-electron chi connectivity index (χ1n) is 14.7. The lowest BCUT2D eigenvalue weighted by Crippen LogP contribution is -2.40. The van der Waals surface area contributed by atoms with E-state index in [1.807, 2.05) is 26.3 Å². The lowest BCUT2D eigenvalue weighted by molar-refractivity contribution is -0.106. The molecule has 0 aliphatic heterocycles. The molecule has 2 aromatic rings. The summed E-state index contributed by atoms with van der Waals surface area (Å²) in [7, 11) is 0. The van der Waals surface area contributed by atoms with Gasteiger partial charge in [0.1, 0.15) is 0 Å². The van der Waals surface area contributed by atoms with Crippen LogP contribution in [0.3, 0.4) is 0 Å². The van der Waals surface area contributed by atoms with Gasteiger partial charge in [-0.2, -0.15) is 0 Å². The van der Waals surface area contributed by atoms with Crippen LogP contribution in [0.25, 0.3) is 10.4 Å². The van der Waals surface area contributed by atoms with Gasteiger partial charge < -0.3 is 16.2 Å². The van der Waals surface area contributed by atoms with Crippen LogP contribution in [0.15, 0.2) is 29.8 Å². The maximum Gasteiger partial charge on any atom is 0.204 e. The van der Waals surface area contributed by atoms with E-state index in [9.17, 15) is 5.11 Å². The number of hydrogen-bond donors (Lipinski definition) is 3. The third-order valence-electron chi connectivity index (χ3n) is 7.13. The second-order valence-corrected chi connectivity index (χ2v) is 11.9. The number of thiazole rings is 1. The number of benzene rings is 1. The molecule has 0 bridgehead atoms. The summed E-state index contributed by atoms with van der Waals surface area (Å²) in [6, 6.07) is 9.38. The minimum atomic E-state index is -0.382. The maximum atomic E-state index is 10.1. The van der Waals surface area contributed by atoms with E-state index in [0.717, 1.165) is 25.0 Å². The smallest absolute Gasteiger partial charge is 0.204 e. The van der Waals surface area contributed by atoms with Crippen LogP contribution in [-0.2, 0) is 11.2 Å². The Labute approximate surface area is 238 Å². The van der Waals surface area contributed by atoms with E-state index in [1.165, 1.54) is 54.7 Å². The van der Waals surface area contributed by atoms with Gasteiger partial charge in [-0.3, -0.25) is 4.79 Å². The Morgan fingerprint density at radius 2 is 1.76 bits per heavy atom. The van der Waals surface area contributed by atoms with Crippen molar-refractivity contribution in [3.63, 3.8) is 0 Å². The average molecular weight is 548 g/mol. The Hall–Kier alpha value is -1.76. The Bertz CT molecular complexity index is 860. The Morgan fingerprint density at radius 1 is 1.16 bits per heavy atom. The molecule has 1 aromatic carbocycles. The second kappa shape index (κ2) is 19.3. The molecule has 1 heterocycles. The predicted molar refractivity (Wildman–Crippen MR) is 167 cm³/mol. The van der Waals surface area contributed by atoms with Crippen LogP contribution < -0.4 is 11.1 Å². The summed E-state index contributed by atoms with van der Waals surface area (Å²) in [5.74, 6) is 0.452. The molecular formula is C32H57N3O2S. The van der Waals surface area contributed by atoms with Crippen molar-refractivity contribution in [2.75, 3.05) is 6.54 Å².